The molecule has 0 bridgehead atoms. The second kappa shape index (κ2) is 6.18. The van der Waals surface area contributed by atoms with Crippen LogP contribution in [-0.4, -0.2) is 17.3 Å². The predicted molar refractivity (Wildman–Crippen MR) is 93.6 cm³/mol. The van der Waals surface area contributed by atoms with Crippen LogP contribution >= 0.6 is 0 Å². The first kappa shape index (κ1) is 15.2. The zero-order valence-corrected chi connectivity index (χ0v) is 13.4. The molecule has 116 valence electrons. The van der Waals surface area contributed by atoms with E-state index in [-0.39, 0.29) is 6.09 Å². The molecule has 1 atom stereocenters. The third-order valence-corrected chi connectivity index (χ3v) is 4.21. The molecule has 1 heterocycles. The number of aromatic nitrogens is 1. The Morgan fingerprint density at radius 3 is 2.70 bits per heavy atom. The number of nitrogens with zero attached hydrogens (tertiary/aromatic N) is 1. The summed E-state index contributed by atoms with van der Waals surface area (Å²) in [6.45, 7) is 4.57. The zero-order valence-electron chi connectivity index (χ0n) is 13.4. The zero-order chi connectivity index (χ0) is 16.4. The van der Waals surface area contributed by atoms with Crippen molar-refractivity contribution in [1.82, 2.24) is 4.57 Å². The number of rotatable bonds is 3. The number of ether oxygens (including phenoxy) is 1. The molecule has 0 saturated carbocycles. The molecule has 0 aliphatic carbocycles. The summed E-state index contributed by atoms with van der Waals surface area (Å²) in [7, 11) is 0. The second-order valence-corrected chi connectivity index (χ2v) is 5.82. The highest BCUT2D eigenvalue weighted by atomic mass is 16.5. The quantitative estimate of drug-likeness (QED) is 0.650. The fourth-order valence-corrected chi connectivity index (χ4v) is 2.66. The topological polar surface area (TPSA) is 31.2 Å². The summed E-state index contributed by atoms with van der Waals surface area (Å²) in [6, 6.07) is 13.5. The normalized spacial score (nSPS) is 12.2. The minimum Gasteiger partial charge on any atom is -0.449 e. The molecule has 0 aliphatic heterocycles. The molecule has 2 aromatic carbocycles. The third-order valence-electron chi connectivity index (χ3n) is 4.21. The average molecular weight is 305 g/mol. The maximum absolute atomic E-state index is 12.6. The van der Waals surface area contributed by atoms with E-state index in [1.165, 1.54) is 0 Å². The lowest BCUT2D eigenvalue weighted by Gasteiger charge is -2.11. The van der Waals surface area contributed by atoms with E-state index >= 15 is 0 Å². The maximum Gasteiger partial charge on any atom is 0.418 e. The summed E-state index contributed by atoms with van der Waals surface area (Å²) in [6.07, 6.45) is 6.13. The second-order valence-electron chi connectivity index (χ2n) is 5.82. The minimum atomic E-state index is -0.343. The van der Waals surface area contributed by atoms with Crippen LogP contribution in [0, 0.1) is 18.3 Å². The first-order valence-corrected chi connectivity index (χ1v) is 7.82. The van der Waals surface area contributed by atoms with Gasteiger partial charge < -0.3 is 4.74 Å². The number of hydrogen-bond donors (Lipinski definition) is 0. The van der Waals surface area contributed by atoms with Crippen LogP contribution in [0.2, 0.25) is 0 Å². The maximum atomic E-state index is 12.6. The van der Waals surface area contributed by atoms with E-state index in [1.807, 2.05) is 42.5 Å². The van der Waals surface area contributed by atoms with Gasteiger partial charge in [-0.1, -0.05) is 44.4 Å². The molecule has 0 spiro atoms. The third kappa shape index (κ3) is 2.68. The van der Waals surface area contributed by atoms with Gasteiger partial charge in [-0.2, -0.15) is 0 Å². The highest BCUT2D eigenvalue weighted by molar-refractivity contribution is 6.12. The van der Waals surface area contributed by atoms with Gasteiger partial charge in [0.2, 0.25) is 0 Å². The summed E-state index contributed by atoms with van der Waals surface area (Å²) in [5.41, 5.74) is 2.46. The molecule has 1 aromatic heterocycles. The van der Waals surface area contributed by atoms with Gasteiger partial charge >= 0.3 is 6.09 Å². The molecule has 23 heavy (non-hydrogen) atoms. The van der Waals surface area contributed by atoms with Crippen molar-refractivity contribution >= 4 is 27.9 Å². The molecule has 3 rings (SSSR count). The van der Waals surface area contributed by atoms with Crippen LogP contribution in [0.1, 0.15) is 25.8 Å². The van der Waals surface area contributed by atoms with Crippen molar-refractivity contribution in [2.24, 2.45) is 5.92 Å². The van der Waals surface area contributed by atoms with E-state index in [2.05, 4.69) is 19.8 Å². The van der Waals surface area contributed by atoms with Gasteiger partial charge in [-0.3, -0.25) is 0 Å². The van der Waals surface area contributed by atoms with Crippen molar-refractivity contribution in [1.29, 1.82) is 0 Å². The molecule has 3 aromatic rings. The smallest absolute Gasteiger partial charge is 0.418 e. The number of carbonyl (C=O) groups excluding carboxylic acids is 1. The van der Waals surface area contributed by atoms with Crippen LogP contribution in [0.4, 0.5) is 4.79 Å². The Bertz CT molecular complexity index is 914. The number of hydrogen-bond acceptors (Lipinski definition) is 2. The number of carbonyl (C=O) groups is 1. The van der Waals surface area contributed by atoms with E-state index in [1.54, 1.807) is 4.57 Å². The van der Waals surface area contributed by atoms with Crippen molar-refractivity contribution in [3.8, 4) is 12.3 Å². The highest BCUT2D eigenvalue weighted by Crippen LogP contribution is 2.29. The Labute approximate surface area is 135 Å². The van der Waals surface area contributed by atoms with Crippen molar-refractivity contribution in [2.45, 2.75) is 20.3 Å². The first-order valence-electron chi connectivity index (χ1n) is 7.82. The van der Waals surface area contributed by atoms with Gasteiger partial charge in [-0.05, 0) is 30.2 Å². The van der Waals surface area contributed by atoms with Gasteiger partial charge in [0.25, 0.3) is 0 Å². The first-order chi connectivity index (χ1) is 11.2. The van der Waals surface area contributed by atoms with Crippen LogP contribution in [0.25, 0.3) is 21.8 Å². The molecule has 0 aliphatic rings. The molecular weight excluding hydrogens is 286 g/mol. The average Bonchev–Trinajstić information content (AvgIpc) is 2.93. The number of fused-ring (bicyclic) bond motifs is 3. The van der Waals surface area contributed by atoms with Crippen molar-refractivity contribution in [3.05, 3.63) is 48.0 Å². The molecule has 3 nitrogen and oxygen atoms in total. The predicted octanol–water partition coefficient (Wildman–Crippen LogP) is 4.81. The SMILES string of the molecule is C#Cc1ccc2c(c1)c1ccccc1n2C(=O)OC[C@@H](C)CC. The number of terminal acetylenes is 1. The Hall–Kier alpha value is -2.73. The molecule has 3 heteroatoms. The summed E-state index contributed by atoms with van der Waals surface area (Å²) < 4.78 is 7.13. The molecular formula is C20H19NO2. The van der Waals surface area contributed by atoms with E-state index in [0.717, 1.165) is 33.8 Å². The lowest BCUT2D eigenvalue weighted by molar-refractivity contribution is 0.132. The van der Waals surface area contributed by atoms with E-state index in [4.69, 9.17) is 11.2 Å². The van der Waals surface area contributed by atoms with E-state index < -0.39 is 0 Å². The Morgan fingerprint density at radius 2 is 1.96 bits per heavy atom. The summed E-state index contributed by atoms with van der Waals surface area (Å²) >= 11 is 0. The molecule has 0 radical (unpaired) electrons. The van der Waals surface area contributed by atoms with Gasteiger partial charge in [-0.25, -0.2) is 9.36 Å². The fraction of sp³-hybridized carbons (Fsp3) is 0.250. The molecule has 0 N–H and O–H groups in total. The van der Waals surface area contributed by atoms with E-state index in [9.17, 15) is 4.79 Å². The monoisotopic (exact) mass is 305 g/mol. The van der Waals surface area contributed by atoms with E-state index in [0.29, 0.717) is 12.5 Å². The number of benzene rings is 2. The van der Waals surface area contributed by atoms with Crippen LogP contribution in [-0.2, 0) is 4.74 Å². The minimum absolute atomic E-state index is 0.343. The molecule has 0 amide bonds. The fourth-order valence-electron chi connectivity index (χ4n) is 2.66. The largest absolute Gasteiger partial charge is 0.449 e. The highest BCUT2D eigenvalue weighted by Gasteiger charge is 2.17. The van der Waals surface area contributed by atoms with Crippen molar-refractivity contribution in [2.75, 3.05) is 6.61 Å². The Kier molecular flexibility index (Phi) is 4.08. The summed E-state index contributed by atoms with van der Waals surface area (Å²) in [5.74, 6) is 2.99. The van der Waals surface area contributed by atoms with Crippen LogP contribution in [0.5, 0.6) is 0 Å². The number of para-hydroxylation sites is 1. The molecule has 0 fully saturated rings. The van der Waals surface area contributed by atoms with Crippen LogP contribution in [0.15, 0.2) is 42.5 Å². The summed E-state index contributed by atoms with van der Waals surface area (Å²) in [5, 5.41) is 1.97. The van der Waals surface area contributed by atoms with Gasteiger partial charge in [0, 0.05) is 16.3 Å². The Morgan fingerprint density at radius 1 is 1.22 bits per heavy atom. The lowest BCUT2D eigenvalue weighted by atomic mass is 10.1. The van der Waals surface area contributed by atoms with Gasteiger partial charge in [0.15, 0.2) is 0 Å². The Balaban J connectivity index is 2.14. The van der Waals surface area contributed by atoms with Crippen molar-refractivity contribution in [3.63, 3.8) is 0 Å². The van der Waals surface area contributed by atoms with Crippen LogP contribution in [0.3, 0.4) is 0 Å². The van der Waals surface area contributed by atoms with Gasteiger partial charge in [0.05, 0.1) is 17.6 Å². The molecule has 0 saturated heterocycles. The van der Waals surface area contributed by atoms with Crippen LogP contribution < -0.4 is 0 Å². The van der Waals surface area contributed by atoms with Gasteiger partial charge in [-0.15, -0.1) is 6.42 Å². The summed E-state index contributed by atoms with van der Waals surface area (Å²) in [4.78, 5) is 12.6. The lowest BCUT2D eigenvalue weighted by Crippen LogP contribution is -2.17. The standard InChI is InChI=1S/C20H19NO2/c1-4-14(3)13-23-20(22)21-18-9-7-6-8-16(18)17-12-15(5-2)10-11-19(17)21/h2,6-12,14H,4,13H2,1,3H3/t14-/m0/s1. The van der Waals surface area contributed by atoms with Crippen molar-refractivity contribution < 1.29 is 9.53 Å². The molecule has 0 unspecified atom stereocenters. The van der Waals surface area contributed by atoms with Gasteiger partial charge in [0.1, 0.15) is 0 Å².